The zero-order valence-corrected chi connectivity index (χ0v) is 17.1. The average Bonchev–Trinajstić information content (AvgIpc) is 2.72. The molecule has 2 aromatic rings. The molecule has 1 fully saturated rings. The number of amides is 2. The maximum atomic E-state index is 13.3. The van der Waals surface area contributed by atoms with Crippen molar-refractivity contribution in [2.45, 2.75) is 32.2 Å². The quantitative estimate of drug-likeness (QED) is 0.743. The van der Waals surface area contributed by atoms with Gasteiger partial charge in [-0.1, -0.05) is 29.8 Å². The third kappa shape index (κ3) is 4.36. The van der Waals surface area contributed by atoms with Crippen LogP contribution in [0.25, 0.3) is 0 Å². The fourth-order valence-electron chi connectivity index (χ4n) is 3.92. The minimum atomic E-state index is -0.323. The molecule has 0 aliphatic carbocycles. The van der Waals surface area contributed by atoms with Crippen LogP contribution in [0.1, 0.15) is 36.9 Å². The van der Waals surface area contributed by atoms with Crippen LogP contribution in [0.4, 0.5) is 0 Å². The maximum absolute atomic E-state index is 13.3. The Labute approximate surface area is 171 Å². The fourth-order valence-corrected chi connectivity index (χ4v) is 4.17. The normalized spacial score (nSPS) is 19.5. The van der Waals surface area contributed by atoms with Crippen LogP contribution < -0.4 is 0 Å². The molecule has 2 amide bonds. The van der Waals surface area contributed by atoms with Gasteiger partial charge in [0.05, 0.1) is 12.0 Å². The zero-order valence-electron chi connectivity index (χ0n) is 16.3. The van der Waals surface area contributed by atoms with Crippen LogP contribution in [0, 0.1) is 5.92 Å². The maximum Gasteiger partial charge on any atom is 0.227 e. The molecule has 0 saturated carbocycles. The number of aromatic nitrogens is 1. The van der Waals surface area contributed by atoms with Gasteiger partial charge in [0.15, 0.2) is 0 Å². The highest BCUT2D eigenvalue weighted by Gasteiger charge is 2.41. The number of piperidine rings is 1. The largest absolute Gasteiger partial charge is 0.345 e. The highest BCUT2D eigenvalue weighted by atomic mass is 35.5. The van der Waals surface area contributed by atoms with Crippen molar-refractivity contribution >= 4 is 23.4 Å². The minimum Gasteiger partial charge on any atom is -0.345 e. The molecule has 6 heteroatoms. The van der Waals surface area contributed by atoms with Crippen LogP contribution in [-0.4, -0.2) is 46.7 Å². The first-order valence-electron chi connectivity index (χ1n) is 9.70. The van der Waals surface area contributed by atoms with Crippen molar-refractivity contribution in [3.05, 3.63) is 64.9 Å². The Morgan fingerprint density at radius 2 is 1.96 bits per heavy atom. The van der Waals surface area contributed by atoms with Crippen molar-refractivity contribution in [1.82, 2.24) is 14.8 Å². The molecule has 0 unspecified atom stereocenters. The number of rotatable bonds is 6. The molecule has 1 aliphatic rings. The number of carbonyl (C=O) groups is 2. The summed E-state index contributed by atoms with van der Waals surface area (Å²) in [4.78, 5) is 33.4. The predicted octanol–water partition coefficient (Wildman–Crippen LogP) is 3.74. The van der Waals surface area contributed by atoms with Gasteiger partial charge in [-0.3, -0.25) is 14.6 Å². The average molecular weight is 400 g/mol. The van der Waals surface area contributed by atoms with E-state index < -0.39 is 0 Å². The summed E-state index contributed by atoms with van der Waals surface area (Å²) < 4.78 is 0. The fraction of sp³-hybridized carbons (Fsp3) is 0.409. The van der Waals surface area contributed by atoms with E-state index in [1.54, 1.807) is 22.2 Å². The molecule has 1 aromatic carbocycles. The van der Waals surface area contributed by atoms with E-state index in [4.69, 9.17) is 11.6 Å². The number of likely N-dealkylation sites (N-methyl/N-ethyl adjacent to an activating group) is 1. The number of halogens is 1. The Bertz CT molecular complexity index is 828. The summed E-state index contributed by atoms with van der Waals surface area (Å²) in [5, 5.41) is 0.595. The molecule has 0 radical (unpaired) electrons. The standard InChI is InChI=1S/C22H26ClN3O2/c1-3-26-20(27)9-8-18(21(26)17-6-4-5-7-19(17)23)22(28)25(2)15-12-16-10-13-24-14-11-16/h4-7,10-11,13-14,18,21H,3,8-9,12,15H2,1-2H3/t18-,21+/m1/s1. The molecule has 1 aromatic heterocycles. The minimum absolute atomic E-state index is 0.0601. The molecule has 0 spiro atoms. The van der Waals surface area contributed by atoms with Crippen molar-refractivity contribution in [2.24, 2.45) is 5.92 Å². The Morgan fingerprint density at radius 1 is 1.25 bits per heavy atom. The summed E-state index contributed by atoms with van der Waals surface area (Å²) in [7, 11) is 1.83. The second-order valence-electron chi connectivity index (χ2n) is 7.16. The van der Waals surface area contributed by atoms with E-state index in [1.165, 1.54) is 0 Å². The van der Waals surface area contributed by atoms with Gasteiger partial charge in [0.25, 0.3) is 0 Å². The van der Waals surface area contributed by atoms with Gasteiger partial charge in [-0.15, -0.1) is 0 Å². The molecule has 2 heterocycles. The molecule has 3 rings (SSSR count). The van der Waals surface area contributed by atoms with E-state index in [-0.39, 0.29) is 23.8 Å². The van der Waals surface area contributed by atoms with Gasteiger partial charge in [-0.25, -0.2) is 0 Å². The molecule has 2 atom stereocenters. The van der Waals surface area contributed by atoms with E-state index >= 15 is 0 Å². The Morgan fingerprint density at radius 3 is 2.64 bits per heavy atom. The number of carbonyl (C=O) groups excluding carboxylic acids is 2. The van der Waals surface area contributed by atoms with Gasteiger partial charge in [-0.05, 0) is 49.1 Å². The summed E-state index contributed by atoms with van der Waals surface area (Å²) in [6.45, 7) is 3.12. The van der Waals surface area contributed by atoms with Crippen molar-refractivity contribution in [3.8, 4) is 0 Å². The number of nitrogens with zero attached hydrogens (tertiary/aromatic N) is 3. The molecular weight excluding hydrogens is 374 g/mol. The van der Waals surface area contributed by atoms with E-state index in [2.05, 4.69) is 4.98 Å². The number of hydrogen-bond acceptors (Lipinski definition) is 3. The molecule has 1 saturated heterocycles. The van der Waals surface area contributed by atoms with Crippen LogP contribution >= 0.6 is 11.6 Å². The molecule has 148 valence electrons. The van der Waals surface area contributed by atoms with Crippen LogP contribution in [0.2, 0.25) is 5.02 Å². The third-order valence-electron chi connectivity index (χ3n) is 5.45. The summed E-state index contributed by atoms with van der Waals surface area (Å²) in [5.74, 6) is -0.152. The highest BCUT2D eigenvalue weighted by molar-refractivity contribution is 6.31. The lowest BCUT2D eigenvalue weighted by Gasteiger charge is -2.41. The topological polar surface area (TPSA) is 53.5 Å². The summed E-state index contributed by atoms with van der Waals surface area (Å²) in [5.41, 5.74) is 1.99. The Hall–Kier alpha value is -2.40. The number of hydrogen-bond donors (Lipinski definition) is 0. The highest BCUT2D eigenvalue weighted by Crippen LogP contribution is 2.40. The van der Waals surface area contributed by atoms with Crippen molar-refractivity contribution in [3.63, 3.8) is 0 Å². The van der Waals surface area contributed by atoms with Crippen LogP contribution in [0.3, 0.4) is 0 Å². The van der Waals surface area contributed by atoms with Crippen LogP contribution in [0.15, 0.2) is 48.8 Å². The first-order chi connectivity index (χ1) is 13.5. The van der Waals surface area contributed by atoms with Gasteiger partial charge in [0.2, 0.25) is 11.8 Å². The molecule has 5 nitrogen and oxygen atoms in total. The lowest BCUT2D eigenvalue weighted by atomic mass is 9.83. The second-order valence-corrected chi connectivity index (χ2v) is 7.56. The molecule has 0 N–H and O–H groups in total. The Balaban J connectivity index is 1.81. The van der Waals surface area contributed by atoms with E-state index in [0.717, 1.165) is 17.5 Å². The van der Waals surface area contributed by atoms with Crippen molar-refractivity contribution in [2.75, 3.05) is 20.1 Å². The van der Waals surface area contributed by atoms with Gasteiger partial charge in [0.1, 0.15) is 0 Å². The molecule has 28 heavy (non-hydrogen) atoms. The SMILES string of the molecule is CCN1C(=O)CC[C@@H](C(=O)N(C)CCc2ccncc2)[C@@H]1c1ccccc1Cl. The van der Waals surface area contributed by atoms with E-state index in [0.29, 0.717) is 31.0 Å². The monoisotopic (exact) mass is 399 g/mol. The first-order valence-corrected chi connectivity index (χ1v) is 10.1. The van der Waals surface area contributed by atoms with Crippen LogP contribution in [0.5, 0.6) is 0 Å². The third-order valence-corrected chi connectivity index (χ3v) is 5.79. The number of benzene rings is 1. The summed E-state index contributed by atoms with van der Waals surface area (Å²) >= 11 is 6.45. The Kier molecular flexibility index (Phi) is 6.68. The van der Waals surface area contributed by atoms with Crippen LogP contribution in [-0.2, 0) is 16.0 Å². The lowest BCUT2D eigenvalue weighted by molar-refractivity contribution is -0.147. The number of pyridine rings is 1. The van der Waals surface area contributed by atoms with Gasteiger partial charge in [0, 0.05) is 44.0 Å². The second kappa shape index (κ2) is 9.20. The van der Waals surface area contributed by atoms with E-state index in [1.807, 2.05) is 50.4 Å². The molecule has 0 bridgehead atoms. The summed E-state index contributed by atoms with van der Waals surface area (Å²) in [6.07, 6.45) is 5.23. The van der Waals surface area contributed by atoms with Gasteiger partial charge in [-0.2, -0.15) is 0 Å². The van der Waals surface area contributed by atoms with Crippen molar-refractivity contribution in [1.29, 1.82) is 0 Å². The first kappa shape index (κ1) is 20.3. The van der Waals surface area contributed by atoms with Crippen molar-refractivity contribution < 1.29 is 9.59 Å². The molecular formula is C22H26ClN3O2. The lowest BCUT2D eigenvalue weighted by Crippen LogP contribution is -2.48. The predicted molar refractivity (Wildman–Crippen MR) is 110 cm³/mol. The van der Waals surface area contributed by atoms with Gasteiger partial charge >= 0.3 is 0 Å². The summed E-state index contributed by atoms with van der Waals surface area (Å²) in [6, 6.07) is 11.1. The smallest absolute Gasteiger partial charge is 0.227 e. The van der Waals surface area contributed by atoms with E-state index in [9.17, 15) is 9.59 Å². The molecule has 1 aliphatic heterocycles. The number of likely N-dealkylation sites (tertiary alicyclic amines) is 1. The zero-order chi connectivity index (χ0) is 20.1. The van der Waals surface area contributed by atoms with Gasteiger partial charge < -0.3 is 9.80 Å².